The van der Waals surface area contributed by atoms with Crippen LogP contribution in [-0.2, 0) is 0 Å². The van der Waals surface area contributed by atoms with Crippen LogP contribution in [0.5, 0.6) is 0 Å². The normalized spacial score (nSPS) is 23.3. The molecule has 0 amide bonds. The van der Waals surface area contributed by atoms with E-state index in [1.54, 1.807) is 0 Å². The lowest BCUT2D eigenvalue weighted by atomic mass is 10.0. The molecule has 0 fully saturated rings. The predicted octanol–water partition coefficient (Wildman–Crippen LogP) is 2.07. The molecule has 0 heteroatoms. The molecular formula is C12H8. The quantitative estimate of drug-likeness (QED) is 0.466. The largest absolute Gasteiger partial charge is 0.104 e. The van der Waals surface area contributed by atoms with E-state index in [0.29, 0.717) is 0 Å². The van der Waals surface area contributed by atoms with Gasteiger partial charge < -0.3 is 0 Å². The van der Waals surface area contributed by atoms with Gasteiger partial charge in [0.1, 0.15) is 5.92 Å². The molecule has 0 aromatic heterocycles. The van der Waals surface area contributed by atoms with Crippen LogP contribution in [0.1, 0.15) is 6.42 Å². The maximum atomic E-state index is 3.10. The number of hydrogen-bond donors (Lipinski definition) is 0. The van der Waals surface area contributed by atoms with Gasteiger partial charge in [0, 0.05) is 6.42 Å². The molecule has 0 aliphatic heterocycles. The van der Waals surface area contributed by atoms with Gasteiger partial charge in [-0.1, -0.05) is 48.0 Å². The minimum atomic E-state index is 0.178. The first kappa shape index (κ1) is 7.01. The molecule has 2 aliphatic carbocycles. The average molecular weight is 152 g/mol. The molecule has 2 aliphatic rings. The second-order valence-corrected chi connectivity index (χ2v) is 2.71. The maximum absolute atomic E-state index is 3.10. The van der Waals surface area contributed by atoms with Gasteiger partial charge in [-0.2, -0.15) is 0 Å². The van der Waals surface area contributed by atoms with E-state index in [-0.39, 0.29) is 5.92 Å². The lowest BCUT2D eigenvalue weighted by Crippen LogP contribution is -1.92. The zero-order valence-electron chi connectivity index (χ0n) is 6.67. The summed E-state index contributed by atoms with van der Waals surface area (Å²) in [6, 6.07) is 0. The lowest BCUT2D eigenvalue weighted by molar-refractivity contribution is 1.04. The monoisotopic (exact) mass is 152 g/mol. The zero-order valence-corrected chi connectivity index (χ0v) is 6.67. The average Bonchev–Trinajstić information content (AvgIpc) is 2.50. The second kappa shape index (κ2) is 3.16. The molecule has 0 N–H and O–H groups in total. The molecule has 2 rings (SSSR count). The molecule has 1 atom stereocenters. The van der Waals surface area contributed by atoms with Crippen LogP contribution in [0.2, 0.25) is 0 Å². The van der Waals surface area contributed by atoms with Gasteiger partial charge in [0.25, 0.3) is 0 Å². The fourth-order valence-corrected chi connectivity index (χ4v) is 1.21. The van der Waals surface area contributed by atoms with Gasteiger partial charge in [0.05, 0.1) is 0 Å². The molecule has 0 spiro atoms. The van der Waals surface area contributed by atoms with E-state index in [4.69, 9.17) is 0 Å². The van der Waals surface area contributed by atoms with Crippen molar-refractivity contribution in [3.05, 3.63) is 36.0 Å². The topological polar surface area (TPSA) is 0 Å². The van der Waals surface area contributed by atoms with Crippen molar-refractivity contribution in [2.45, 2.75) is 6.42 Å². The van der Waals surface area contributed by atoms with Gasteiger partial charge in [-0.15, -0.1) is 0 Å². The Bertz CT molecular complexity index is 383. The Morgan fingerprint density at radius 1 is 1.17 bits per heavy atom. The summed E-state index contributed by atoms with van der Waals surface area (Å²) in [5, 5.41) is 0. The van der Waals surface area contributed by atoms with Crippen LogP contribution in [-0.4, -0.2) is 0 Å². The highest BCUT2D eigenvalue weighted by Gasteiger charge is 2.11. The van der Waals surface area contributed by atoms with E-state index < -0.39 is 0 Å². The van der Waals surface area contributed by atoms with Crippen molar-refractivity contribution in [3.8, 4) is 23.7 Å². The number of hydrogen-bond acceptors (Lipinski definition) is 0. The van der Waals surface area contributed by atoms with Gasteiger partial charge in [0.2, 0.25) is 0 Å². The first-order valence-corrected chi connectivity index (χ1v) is 3.98. The van der Waals surface area contributed by atoms with Gasteiger partial charge in [-0.25, -0.2) is 0 Å². The van der Waals surface area contributed by atoms with Crippen molar-refractivity contribution in [2.75, 3.05) is 0 Å². The number of fused-ring (bicyclic) bond motifs is 1. The third-order valence-electron chi connectivity index (χ3n) is 1.85. The Balaban J connectivity index is 2.37. The highest BCUT2D eigenvalue weighted by molar-refractivity contribution is 5.42. The molecule has 0 radical (unpaired) electrons. The lowest BCUT2D eigenvalue weighted by Gasteiger charge is -1.98. The van der Waals surface area contributed by atoms with Crippen LogP contribution in [0.3, 0.4) is 0 Å². The molecular weight excluding hydrogens is 144 g/mol. The summed E-state index contributed by atoms with van der Waals surface area (Å²) in [6.07, 6.45) is 10.8. The standard InChI is InChI=1S/C12H8/c1-2-4-7-11-9-6-10-12(11)8-5-3-1/h1-4,7,12H,9H2. The molecule has 0 aromatic carbocycles. The zero-order chi connectivity index (χ0) is 8.23. The fraction of sp³-hybridized carbons (Fsp3) is 0.167. The van der Waals surface area contributed by atoms with E-state index >= 15 is 0 Å². The van der Waals surface area contributed by atoms with Crippen LogP contribution in [0, 0.1) is 29.6 Å². The summed E-state index contributed by atoms with van der Waals surface area (Å²) >= 11 is 0. The van der Waals surface area contributed by atoms with Crippen LogP contribution < -0.4 is 0 Å². The summed E-state index contributed by atoms with van der Waals surface area (Å²) in [5.74, 6) is 12.4. The Morgan fingerprint density at radius 3 is 3.17 bits per heavy atom. The summed E-state index contributed by atoms with van der Waals surface area (Å²) in [5.41, 5.74) is 1.29. The Kier molecular flexibility index (Phi) is 1.85. The van der Waals surface area contributed by atoms with Crippen molar-refractivity contribution in [3.63, 3.8) is 0 Å². The second-order valence-electron chi connectivity index (χ2n) is 2.71. The smallest absolute Gasteiger partial charge is 0.0971 e. The van der Waals surface area contributed by atoms with Crippen molar-refractivity contribution in [2.24, 2.45) is 5.92 Å². The van der Waals surface area contributed by atoms with E-state index in [2.05, 4.69) is 29.8 Å². The summed E-state index contributed by atoms with van der Waals surface area (Å²) in [7, 11) is 0. The molecule has 56 valence electrons. The number of allylic oxidation sites excluding steroid dienone is 6. The molecule has 0 heterocycles. The van der Waals surface area contributed by atoms with Crippen molar-refractivity contribution < 1.29 is 0 Å². The summed E-state index contributed by atoms with van der Waals surface area (Å²) < 4.78 is 0. The van der Waals surface area contributed by atoms with Crippen LogP contribution in [0.4, 0.5) is 0 Å². The Hall–Kier alpha value is -1.66. The molecule has 0 bridgehead atoms. The van der Waals surface area contributed by atoms with Crippen molar-refractivity contribution in [1.29, 1.82) is 0 Å². The first-order chi connectivity index (χ1) is 5.97. The van der Waals surface area contributed by atoms with Crippen molar-refractivity contribution in [1.82, 2.24) is 0 Å². The summed E-state index contributed by atoms with van der Waals surface area (Å²) in [4.78, 5) is 0. The molecule has 0 saturated carbocycles. The van der Waals surface area contributed by atoms with E-state index in [1.807, 2.05) is 24.3 Å². The van der Waals surface area contributed by atoms with Crippen LogP contribution in [0.15, 0.2) is 36.0 Å². The Labute approximate surface area is 72.7 Å². The fourth-order valence-electron chi connectivity index (χ4n) is 1.21. The van der Waals surface area contributed by atoms with E-state index in [9.17, 15) is 0 Å². The molecule has 0 nitrogen and oxygen atoms in total. The first-order valence-electron chi connectivity index (χ1n) is 3.98. The summed E-state index contributed by atoms with van der Waals surface area (Å²) in [6.45, 7) is 0. The minimum absolute atomic E-state index is 0.178. The van der Waals surface area contributed by atoms with Gasteiger partial charge in [-0.3, -0.25) is 0 Å². The van der Waals surface area contributed by atoms with Crippen LogP contribution >= 0.6 is 0 Å². The van der Waals surface area contributed by atoms with Crippen molar-refractivity contribution >= 4 is 0 Å². The molecule has 0 aromatic rings. The molecule has 1 unspecified atom stereocenters. The van der Waals surface area contributed by atoms with E-state index in [1.165, 1.54) is 5.57 Å². The molecule has 0 saturated heterocycles. The minimum Gasteiger partial charge on any atom is -0.0971 e. The third-order valence-corrected chi connectivity index (χ3v) is 1.85. The highest BCUT2D eigenvalue weighted by atomic mass is 14.1. The van der Waals surface area contributed by atoms with Gasteiger partial charge in [-0.05, 0) is 11.6 Å². The highest BCUT2D eigenvalue weighted by Crippen LogP contribution is 2.18. The number of rotatable bonds is 0. The predicted molar refractivity (Wildman–Crippen MR) is 50.0 cm³/mol. The van der Waals surface area contributed by atoms with Crippen LogP contribution in [0.25, 0.3) is 0 Å². The van der Waals surface area contributed by atoms with Gasteiger partial charge in [0.15, 0.2) is 0 Å². The third kappa shape index (κ3) is 1.34. The van der Waals surface area contributed by atoms with E-state index in [0.717, 1.165) is 6.42 Å². The Morgan fingerprint density at radius 2 is 2.17 bits per heavy atom. The maximum Gasteiger partial charge on any atom is 0.104 e. The van der Waals surface area contributed by atoms with Gasteiger partial charge >= 0.3 is 0 Å². The SMILES string of the molecule is C1#CC2C#CCC2=CC=CC=C1. The molecule has 12 heavy (non-hydrogen) atoms.